The highest BCUT2D eigenvalue weighted by Gasteiger charge is 2.43. The van der Waals surface area contributed by atoms with Crippen LogP contribution in [0, 0.1) is 11.3 Å². The van der Waals surface area contributed by atoms with Crippen molar-refractivity contribution in [1.82, 2.24) is 5.32 Å². The van der Waals surface area contributed by atoms with Crippen molar-refractivity contribution in [1.29, 1.82) is 0 Å². The Morgan fingerprint density at radius 3 is 2.29 bits per heavy atom. The lowest BCUT2D eigenvalue weighted by Crippen LogP contribution is -2.45. The lowest BCUT2D eigenvalue weighted by molar-refractivity contribution is -0.00311. The summed E-state index contributed by atoms with van der Waals surface area (Å²) in [5.74, 6) is 0.947. The maximum Gasteiger partial charge on any atom is 0.0540 e. The number of nitrogens with one attached hydrogen (secondary N) is 1. The summed E-state index contributed by atoms with van der Waals surface area (Å²) < 4.78 is 0. The zero-order valence-corrected chi connectivity index (χ0v) is 9.26. The smallest absolute Gasteiger partial charge is 0.0540 e. The second-order valence-electron chi connectivity index (χ2n) is 5.25. The van der Waals surface area contributed by atoms with Gasteiger partial charge in [-0.1, -0.05) is 6.42 Å². The molecule has 2 N–H and O–H groups in total. The summed E-state index contributed by atoms with van der Waals surface area (Å²) in [7, 11) is 2.06. The van der Waals surface area contributed by atoms with Gasteiger partial charge in [-0.2, -0.15) is 0 Å². The molecule has 2 heteroatoms. The first-order chi connectivity index (χ1) is 6.77. The minimum atomic E-state index is -0.0138. The van der Waals surface area contributed by atoms with Gasteiger partial charge in [-0.3, -0.25) is 0 Å². The van der Waals surface area contributed by atoms with Gasteiger partial charge in [0, 0.05) is 6.54 Å². The molecule has 2 aliphatic carbocycles. The molecule has 2 rings (SSSR count). The number of aliphatic hydroxyl groups is 1. The summed E-state index contributed by atoms with van der Waals surface area (Å²) in [5, 5.41) is 12.9. The molecule has 0 aliphatic heterocycles. The molecule has 0 bridgehead atoms. The lowest BCUT2D eigenvalue weighted by atomic mass is 9.58. The predicted octanol–water partition coefficient (Wildman–Crippen LogP) is 1.93. The first kappa shape index (κ1) is 10.4. The Bertz CT molecular complexity index is 181. The topological polar surface area (TPSA) is 32.3 Å². The molecule has 2 saturated carbocycles. The summed E-state index contributed by atoms with van der Waals surface area (Å²) in [5.41, 5.74) is 0.534. The molecule has 0 spiro atoms. The van der Waals surface area contributed by atoms with Gasteiger partial charge in [-0.15, -0.1) is 0 Å². The van der Waals surface area contributed by atoms with Crippen LogP contribution in [0.1, 0.15) is 44.9 Å². The van der Waals surface area contributed by atoms with Crippen molar-refractivity contribution in [2.75, 3.05) is 13.6 Å². The molecular formula is C12H23NO. The molecule has 14 heavy (non-hydrogen) atoms. The van der Waals surface area contributed by atoms with E-state index >= 15 is 0 Å². The highest BCUT2D eigenvalue weighted by atomic mass is 16.3. The van der Waals surface area contributed by atoms with Crippen LogP contribution in [0.15, 0.2) is 0 Å². The molecule has 0 radical (unpaired) electrons. The monoisotopic (exact) mass is 197 g/mol. The Kier molecular flexibility index (Phi) is 3.13. The average Bonchev–Trinajstić information content (AvgIpc) is 2.08. The second kappa shape index (κ2) is 4.19. The Hall–Kier alpha value is -0.0800. The average molecular weight is 197 g/mol. The van der Waals surface area contributed by atoms with E-state index < -0.39 is 0 Å². The van der Waals surface area contributed by atoms with Gasteiger partial charge in [0.1, 0.15) is 0 Å². The van der Waals surface area contributed by atoms with Gasteiger partial charge in [0.2, 0.25) is 0 Å². The Morgan fingerprint density at radius 2 is 1.86 bits per heavy atom. The van der Waals surface area contributed by atoms with Crippen LogP contribution in [-0.2, 0) is 0 Å². The molecule has 0 heterocycles. The normalized spacial score (nSPS) is 39.4. The van der Waals surface area contributed by atoms with Crippen LogP contribution in [0.2, 0.25) is 0 Å². The van der Waals surface area contributed by atoms with Crippen molar-refractivity contribution in [3.63, 3.8) is 0 Å². The fourth-order valence-electron chi connectivity index (χ4n) is 3.28. The first-order valence-electron chi connectivity index (χ1n) is 6.09. The van der Waals surface area contributed by atoms with Crippen molar-refractivity contribution in [2.45, 2.75) is 51.0 Å². The van der Waals surface area contributed by atoms with Crippen LogP contribution < -0.4 is 5.32 Å². The van der Waals surface area contributed by atoms with E-state index in [4.69, 9.17) is 0 Å². The van der Waals surface area contributed by atoms with E-state index in [0.717, 1.165) is 25.3 Å². The van der Waals surface area contributed by atoms with Crippen LogP contribution in [0.4, 0.5) is 0 Å². The maximum atomic E-state index is 9.56. The molecule has 0 aromatic carbocycles. The quantitative estimate of drug-likeness (QED) is 0.724. The van der Waals surface area contributed by atoms with E-state index in [9.17, 15) is 5.11 Å². The largest absolute Gasteiger partial charge is 0.393 e. The molecule has 0 aromatic heterocycles. The third-order valence-electron chi connectivity index (χ3n) is 4.45. The van der Waals surface area contributed by atoms with E-state index in [-0.39, 0.29) is 6.10 Å². The highest BCUT2D eigenvalue weighted by Crippen LogP contribution is 2.50. The van der Waals surface area contributed by atoms with Crippen LogP contribution in [0.3, 0.4) is 0 Å². The van der Waals surface area contributed by atoms with Crippen molar-refractivity contribution < 1.29 is 5.11 Å². The van der Waals surface area contributed by atoms with Crippen LogP contribution in [0.25, 0.3) is 0 Å². The first-order valence-corrected chi connectivity index (χ1v) is 6.09. The minimum Gasteiger partial charge on any atom is -0.393 e. The fourth-order valence-corrected chi connectivity index (χ4v) is 3.28. The van der Waals surface area contributed by atoms with Crippen molar-refractivity contribution in [3.05, 3.63) is 0 Å². The number of hydrogen-bond acceptors (Lipinski definition) is 2. The SMILES string of the molecule is CNCC1(C2CCC2)CCC(O)CC1. The fraction of sp³-hybridized carbons (Fsp3) is 1.00. The third-order valence-corrected chi connectivity index (χ3v) is 4.45. The summed E-state index contributed by atoms with van der Waals surface area (Å²) in [6.45, 7) is 1.16. The zero-order valence-electron chi connectivity index (χ0n) is 9.26. The van der Waals surface area contributed by atoms with Crippen molar-refractivity contribution in [3.8, 4) is 0 Å². The molecule has 2 fully saturated rings. The summed E-state index contributed by atoms with van der Waals surface area (Å²) in [4.78, 5) is 0. The van der Waals surface area contributed by atoms with Crippen LogP contribution >= 0.6 is 0 Å². The third kappa shape index (κ3) is 1.82. The second-order valence-corrected chi connectivity index (χ2v) is 5.25. The molecule has 0 amide bonds. The van der Waals surface area contributed by atoms with E-state index in [1.807, 2.05) is 0 Å². The minimum absolute atomic E-state index is 0.0138. The zero-order chi connectivity index (χ0) is 10.0. The maximum absolute atomic E-state index is 9.56. The Balaban J connectivity index is 1.98. The predicted molar refractivity (Wildman–Crippen MR) is 58.2 cm³/mol. The molecule has 0 saturated heterocycles. The molecule has 82 valence electrons. The van der Waals surface area contributed by atoms with E-state index in [2.05, 4.69) is 12.4 Å². The molecule has 2 nitrogen and oxygen atoms in total. The van der Waals surface area contributed by atoms with Crippen molar-refractivity contribution in [2.24, 2.45) is 11.3 Å². The Labute approximate surface area is 87.1 Å². The van der Waals surface area contributed by atoms with Crippen LogP contribution in [0.5, 0.6) is 0 Å². The van der Waals surface area contributed by atoms with Crippen molar-refractivity contribution >= 4 is 0 Å². The lowest BCUT2D eigenvalue weighted by Gasteiger charge is -2.49. The summed E-state index contributed by atoms with van der Waals surface area (Å²) >= 11 is 0. The summed E-state index contributed by atoms with van der Waals surface area (Å²) in [6, 6.07) is 0. The van der Waals surface area contributed by atoms with E-state index in [1.54, 1.807) is 0 Å². The molecule has 0 aromatic rings. The molecule has 2 aliphatic rings. The van der Waals surface area contributed by atoms with Gasteiger partial charge in [0.15, 0.2) is 0 Å². The van der Waals surface area contributed by atoms with Gasteiger partial charge >= 0.3 is 0 Å². The van der Waals surface area contributed by atoms with Gasteiger partial charge in [0.25, 0.3) is 0 Å². The summed E-state index contributed by atoms with van der Waals surface area (Å²) in [6.07, 6.45) is 8.80. The standard InChI is InChI=1S/C12H23NO/c1-13-9-12(10-3-2-4-10)7-5-11(14)6-8-12/h10-11,13-14H,2-9H2,1H3. The van der Waals surface area contributed by atoms with Gasteiger partial charge in [-0.05, 0) is 56.9 Å². The van der Waals surface area contributed by atoms with E-state index in [0.29, 0.717) is 5.41 Å². The van der Waals surface area contributed by atoms with Crippen LogP contribution in [-0.4, -0.2) is 24.8 Å². The van der Waals surface area contributed by atoms with Gasteiger partial charge in [0.05, 0.1) is 6.10 Å². The van der Waals surface area contributed by atoms with Gasteiger partial charge < -0.3 is 10.4 Å². The molecular weight excluding hydrogens is 174 g/mol. The number of hydrogen-bond donors (Lipinski definition) is 2. The number of rotatable bonds is 3. The Morgan fingerprint density at radius 1 is 1.21 bits per heavy atom. The highest BCUT2D eigenvalue weighted by molar-refractivity contribution is 4.95. The molecule has 0 unspecified atom stereocenters. The van der Waals surface area contributed by atoms with Gasteiger partial charge in [-0.25, -0.2) is 0 Å². The van der Waals surface area contributed by atoms with E-state index in [1.165, 1.54) is 32.1 Å². The molecule has 0 atom stereocenters. The number of aliphatic hydroxyl groups excluding tert-OH is 1.